The molecule has 1 aliphatic rings. The number of unbranched alkanes of at least 4 members (excludes halogenated alkanes) is 1. The Morgan fingerprint density at radius 3 is 2.54 bits per heavy atom. The quantitative estimate of drug-likeness (QED) is 0.446. The Kier molecular flexibility index (Phi) is 5.40. The van der Waals surface area contributed by atoms with Crippen molar-refractivity contribution in [2.24, 2.45) is 0 Å². The Labute approximate surface area is 82.5 Å². The van der Waals surface area contributed by atoms with Gasteiger partial charge in [-0.2, -0.15) is 0 Å². The molecule has 0 aromatic rings. The van der Waals surface area contributed by atoms with E-state index in [4.69, 9.17) is 0 Å². The maximum absolute atomic E-state index is 3.64. The van der Waals surface area contributed by atoms with Crippen molar-refractivity contribution in [3.63, 3.8) is 0 Å². The number of nitrogens with one attached hydrogen (secondary N) is 2. The van der Waals surface area contributed by atoms with E-state index in [1.165, 1.54) is 45.1 Å². The minimum Gasteiger partial charge on any atom is -0.302 e. The predicted molar refractivity (Wildman–Crippen MR) is 57.8 cm³/mol. The summed E-state index contributed by atoms with van der Waals surface area (Å²) in [6.45, 7) is 5.66. The van der Waals surface area contributed by atoms with Crippen LogP contribution in [0.15, 0.2) is 0 Å². The fourth-order valence-corrected chi connectivity index (χ4v) is 1.52. The van der Waals surface area contributed by atoms with Gasteiger partial charge in [-0.1, -0.05) is 26.7 Å². The average Bonchev–Trinajstić information content (AvgIpc) is 2.89. The highest BCUT2D eigenvalue weighted by molar-refractivity contribution is 4.83. The smallest absolute Gasteiger partial charge is 0.0573 e. The van der Waals surface area contributed by atoms with Gasteiger partial charge in [-0.25, -0.2) is 0 Å². The van der Waals surface area contributed by atoms with Gasteiger partial charge in [-0.15, -0.1) is 0 Å². The maximum atomic E-state index is 3.64. The SMILES string of the molecule is CCCCNC(CCC)NC1CC1. The first kappa shape index (κ1) is 11.0. The Balaban J connectivity index is 2.04. The number of hydrogen-bond donors (Lipinski definition) is 2. The Bertz CT molecular complexity index is 121. The summed E-state index contributed by atoms with van der Waals surface area (Å²) in [5.41, 5.74) is 0. The molecule has 13 heavy (non-hydrogen) atoms. The molecule has 0 heterocycles. The molecule has 1 fully saturated rings. The van der Waals surface area contributed by atoms with E-state index in [0.29, 0.717) is 6.17 Å². The summed E-state index contributed by atoms with van der Waals surface area (Å²) in [4.78, 5) is 0. The van der Waals surface area contributed by atoms with Crippen LogP contribution in [0.1, 0.15) is 52.4 Å². The van der Waals surface area contributed by atoms with Crippen LogP contribution in [0.2, 0.25) is 0 Å². The van der Waals surface area contributed by atoms with E-state index in [9.17, 15) is 0 Å². The first-order valence-corrected chi connectivity index (χ1v) is 5.86. The lowest BCUT2D eigenvalue weighted by Gasteiger charge is -2.19. The van der Waals surface area contributed by atoms with E-state index < -0.39 is 0 Å². The third-order valence-electron chi connectivity index (χ3n) is 2.51. The average molecular weight is 184 g/mol. The molecule has 78 valence electrons. The van der Waals surface area contributed by atoms with Crippen molar-refractivity contribution in [3.8, 4) is 0 Å². The second-order valence-electron chi connectivity index (χ2n) is 4.09. The van der Waals surface area contributed by atoms with E-state index in [2.05, 4.69) is 24.5 Å². The van der Waals surface area contributed by atoms with Gasteiger partial charge in [0.2, 0.25) is 0 Å². The van der Waals surface area contributed by atoms with E-state index in [1.807, 2.05) is 0 Å². The highest BCUT2D eigenvalue weighted by Crippen LogP contribution is 2.19. The molecule has 0 saturated heterocycles. The molecule has 1 atom stereocenters. The molecule has 0 radical (unpaired) electrons. The van der Waals surface area contributed by atoms with Gasteiger partial charge in [0.25, 0.3) is 0 Å². The van der Waals surface area contributed by atoms with E-state index in [1.54, 1.807) is 0 Å². The van der Waals surface area contributed by atoms with Crippen LogP contribution in [-0.2, 0) is 0 Å². The lowest BCUT2D eigenvalue weighted by atomic mass is 10.2. The van der Waals surface area contributed by atoms with Crippen LogP contribution < -0.4 is 10.6 Å². The molecule has 0 aromatic carbocycles. The first-order chi connectivity index (χ1) is 6.36. The zero-order chi connectivity index (χ0) is 9.52. The second-order valence-corrected chi connectivity index (χ2v) is 4.09. The molecule has 0 spiro atoms. The lowest BCUT2D eigenvalue weighted by Crippen LogP contribution is -2.43. The Morgan fingerprint density at radius 2 is 2.00 bits per heavy atom. The molecule has 0 amide bonds. The summed E-state index contributed by atoms with van der Waals surface area (Å²) in [6.07, 6.45) is 8.46. The summed E-state index contributed by atoms with van der Waals surface area (Å²) < 4.78 is 0. The molecular weight excluding hydrogens is 160 g/mol. The Hall–Kier alpha value is -0.0800. The summed E-state index contributed by atoms with van der Waals surface area (Å²) in [5, 5.41) is 7.22. The zero-order valence-electron chi connectivity index (χ0n) is 9.10. The van der Waals surface area contributed by atoms with Crippen molar-refractivity contribution in [1.29, 1.82) is 0 Å². The van der Waals surface area contributed by atoms with Gasteiger partial charge in [-0.05, 0) is 32.2 Å². The minimum atomic E-state index is 0.573. The van der Waals surface area contributed by atoms with Gasteiger partial charge in [0.05, 0.1) is 6.17 Å². The summed E-state index contributed by atoms with van der Waals surface area (Å²) in [7, 11) is 0. The Morgan fingerprint density at radius 1 is 1.23 bits per heavy atom. The van der Waals surface area contributed by atoms with Crippen LogP contribution in [-0.4, -0.2) is 18.8 Å². The van der Waals surface area contributed by atoms with E-state index >= 15 is 0 Å². The summed E-state index contributed by atoms with van der Waals surface area (Å²) >= 11 is 0. The van der Waals surface area contributed by atoms with Crippen LogP contribution in [0, 0.1) is 0 Å². The molecule has 0 aromatic heterocycles. The highest BCUT2D eigenvalue weighted by Gasteiger charge is 2.23. The van der Waals surface area contributed by atoms with E-state index in [-0.39, 0.29) is 0 Å². The van der Waals surface area contributed by atoms with Crippen LogP contribution >= 0.6 is 0 Å². The maximum Gasteiger partial charge on any atom is 0.0573 e. The molecule has 0 aliphatic heterocycles. The number of rotatable bonds is 8. The second kappa shape index (κ2) is 6.39. The number of hydrogen-bond acceptors (Lipinski definition) is 2. The topological polar surface area (TPSA) is 24.1 Å². The largest absolute Gasteiger partial charge is 0.302 e. The van der Waals surface area contributed by atoms with Crippen LogP contribution in [0.5, 0.6) is 0 Å². The summed E-state index contributed by atoms with van der Waals surface area (Å²) in [6, 6.07) is 0.825. The van der Waals surface area contributed by atoms with Gasteiger partial charge in [-0.3, -0.25) is 5.32 Å². The van der Waals surface area contributed by atoms with Crippen LogP contribution in [0.25, 0.3) is 0 Å². The summed E-state index contributed by atoms with van der Waals surface area (Å²) in [5.74, 6) is 0. The van der Waals surface area contributed by atoms with Crippen molar-refractivity contribution in [3.05, 3.63) is 0 Å². The molecular formula is C11H24N2. The third-order valence-corrected chi connectivity index (χ3v) is 2.51. The van der Waals surface area contributed by atoms with Gasteiger partial charge < -0.3 is 5.32 Å². The van der Waals surface area contributed by atoms with Crippen LogP contribution in [0.3, 0.4) is 0 Å². The molecule has 1 aliphatic carbocycles. The van der Waals surface area contributed by atoms with Crippen molar-refractivity contribution in [1.82, 2.24) is 10.6 Å². The monoisotopic (exact) mass is 184 g/mol. The van der Waals surface area contributed by atoms with Gasteiger partial charge in [0, 0.05) is 6.04 Å². The fraction of sp³-hybridized carbons (Fsp3) is 1.00. The molecule has 2 heteroatoms. The molecule has 1 unspecified atom stereocenters. The van der Waals surface area contributed by atoms with Crippen molar-refractivity contribution >= 4 is 0 Å². The zero-order valence-corrected chi connectivity index (χ0v) is 9.10. The van der Waals surface area contributed by atoms with Crippen LogP contribution in [0.4, 0.5) is 0 Å². The molecule has 1 rings (SSSR count). The van der Waals surface area contributed by atoms with Gasteiger partial charge in [0.1, 0.15) is 0 Å². The predicted octanol–water partition coefficient (Wildman–Crippen LogP) is 2.25. The van der Waals surface area contributed by atoms with Crippen molar-refractivity contribution in [2.75, 3.05) is 6.54 Å². The first-order valence-electron chi connectivity index (χ1n) is 5.86. The van der Waals surface area contributed by atoms with Crippen molar-refractivity contribution < 1.29 is 0 Å². The van der Waals surface area contributed by atoms with Crippen molar-refractivity contribution in [2.45, 2.75) is 64.6 Å². The fourth-order valence-electron chi connectivity index (χ4n) is 1.52. The highest BCUT2D eigenvalue weighted by atomic mass is 15.1. The molecule has 1 saturated carbocycles. The molecule has 2 N–H and O–H groups in total. The van der Waals surface area contributed by atoms with Gasteiger partial charge >= 0.3 is 0 Å². The lowest BCUT2D eigenvalue weighted by molar-refractivity contribution is 0.391. The van der Waals surface area contributed by atoms with E-state index in [0.717, 1.165) is 6.04 Å². The minimum absolute atomic E-state index is 0.573. The van der Waals surface area contributed by atoms with Gasteiger partial charge in [0.15, 0.2) is 0 Å². The molecule has 0 bridgehead atoms. The third kappa shape index (κ3) is 5.27. The molecule has 2 nitrogen and oxygen atoms in total. The standard InChI is InChI=1S/C11H24N2/c1-3-5-9-12-11(6-4-2)13-10-7-8-10/h10-13H,3-9H2,1-2H3. The normalized spacial score (nSPS) is 18.9.